The molecule has 1 saturated heterocycles. The molecule has 0 aliphatic carbocycles. The van der Waals surface area contributed by atoms with E-state index in [2.05, 4.69) is 28.9 Å². The molecule has 0 amide bonds. The zero-order valence-corrected chi connectivity index (χ0v) is 28.8. The van der Waals surface area contributed by atoms with Gasteiger partial charge in [0.05, 0.1) is 36.9 Å². The van der Waals surface area contributed by atoms with Crippen LogP contribution >= 0.6 is 23.2 Å². The number of ether oxygens (including phenoxy) is 2. The molecule has 0 aromatic heterocycles. The number of hydrogen-bond acceptors (Lipinski definition) is 7. The van der Waals surface area contributed by atoms with Gasteiger partial charge < -0.3 is 24.2 Å². The molecule has 4 aromatic rings. The smallest absolute Gasteiger partial charge is 0.335 e. The zero-order chi connectivity index (χ0) is 34.0. The van der Waals surface area contributed by atoms with Crippen LogP contribution in [0.25, 0.3) is 0 Å². The molecule has 0 N–H and O–H groups in total. The van der Waals surface area contributed by atoms with Gasteiger partial charge in [-0.2, -0.15) is 0 Å². The molecule has 9 heteroatoms. The van der Waals surface area contributed by atoms with E-state index in [1.165, 1.54) is 14.2 Å². The van der Waals surface area contributed by atoms with Crippen molar-refractivity contribution in [3.05, 3.63) is 147 Å². The van der Waals surface area contributed by atoms with E-state index in [-0.39, 0.29) is 5.92 Å². The van der Waals surface area contributed by atoms with E-state index in [0.717, 1.165) is 28.2 Å². The maximum Gasteiger partial charge on any atom is 0.335 e. The van der Waals surface area contributed by atoms with Crippen LogP contribution in [0.3, 0.4) is 0 Å². The second kappa shape index (κ2) is 13.8. The van der Waals surface area contributed by atoms with Crippen LogP contribution in [0.1, 0.15) is 31.4 Å². The van der Waals surface area contributed by atoms with Crippen LogP contribution < -0.4 is 14.7 Å². The standard InChI is InChI=1S/C39H37Cl2N3O4/c1-5-32-35(23-36(45)47-3)44(31-11-7-6-8-12-31)37(26(2)38(46)48-4)39(32)42(24-27-15-19-29(40)20-16-27)33-13-9-10-14-34(33)43(39)25-28-17-21-30(41)22-18-28/h6-23,32H,5,24-25H2,1-4H3/b35-23+,37-26?. The number of carbonyl (C=O) groups excluding carboxylic acids is 2. The van der Waals surface area contributed by atoms with Gasteiger partial charge in [0.1, 0.15) is 0 Å². The first kappa shape index (κ1) is 33.2. The average Bonchev–Trinajstić information content (AvgIpc) is 3.54. The van der Waals surface area contributed by atoms with Gasteiger partial charge in [-0.15, -0.1) is 0 Å². The number of hydrogen-bond donors (Lipinski definition) is 0. The third kappa shape index (κ3) is 5.71. The Labute approximate surface area is 291 Å². The quantitative estimate of drug-likeness (QED) is 0.136. The number of esters is 2. The Kier molecular flexibility index (Phi) is 9.54. The van der Waals surface area contributed by atoms with Crippen LogP contribution in [0.2, 0.25) is 10.0 Å². The summed E-state index contributed by atoms with van der Waals surface area (Å²) in [7, 11) is 2.77. The number of rotatable bonds is 8. The fourth-order valence-electron chi connectivity index (χ4n) is 7.23. The lowest BCUT2D eigenvalue weighted by Gasteiger charge is -2.48. The normalized spacial score (nSPS) is 18.3. The Morgan fingerprint density at radius 2 is 1.25 bits per heavy atom. The van der Waals surface area contributed by atoms with Crippen molar-refractivity contribution in [2.24, 2.45) is 5.92 Å². The van der Waals surface area contributed by atoms with Crippen molar-refractivity contribution in [1.82, 2.24) is 0 Å². The third-order valence-electron chi connectivity index (χ3n) is 9.20. The highest BCUT2D eigenvalue weighted by Gasteiger charge is 2.64. The fourth-order valence-corrected chi connectivity index (χ4v) is 7.48. The summed E-state index contributed by atoms with van der Waals surface area (Å²) < 4.78 is 10.7. The predicted octanol–water partition coefficient (Wildman–Crippen LogP) is 8.77. The van der Waals surface area contributed by atoms with Gasteiger partial charge >= 0.3 is 11.9 Å². The van der Waals surface area contributed by atoms with Crippen LogP contribution in [0.5, 0.6) is 0 Å². The Morgan fingerprint density at radius 3 is 1.71 bits per heavy atom. The molecule has 0 saturated carbocycles. The van der Waals surface area contributed by atoms with E-state index >= 15 is 0 Å². The minimum Gasteiger partial charge on any atom is -0.466 e. The van der Waals surface area contributed by atoms with E-state index in [1.54, 1.807) is 13.0 Å². The van der Waals surface area contributed by atoms with Crippen LogP contribution in [0.4, 0.5) is 17.1 Å². The Hall–Kier alpha value is -4.72. The van der Waals surface area contributed by atoms with Gasteiger partial charge in [0.25, 0.3) is 0 Å². The largest absolute Gasteiger partial charge is 0.466 e. The summed E-state index contributed by atoms with van der Waals surface area (Å²) in [6.45, 7) is 4.87. The van der Waals surface area contributed by atoms with Crippen LogP contribution in [-0.2, 0) is 32.2 Å². The second-order valence-electron chi connectivity index (χ2n) is 11.8. The summed E-state index contributed by atoms with van der Waals surface area (Å²) in [5, 5.41) is 1.29. The van der Waals surface area contributed by atoms with Crippen LogP contribution in [0, 0.1) is 5.92 Å². The number of carbonyl (C=O) groups is 2. The second-order valence-corrected chi connectivity index (χ2v) is 12.7. The van der Waals surface area contributed by atoms with Gasteiger partial charge in [-0.25, -0.2) is 9.59 Å². The highest BCUT2D eigenvalue weighted by Crippen LogP contribution is 2.61. The maximum absolute atomic E-state index is 13.8. The molecule has 48 heavy (non-hydrogen) atoms. The molecule has 2 heterocycles. The molecule has 1 spiro atoms. The van der Waals surface area contributed by atoms with E-state index in [1.807, 2.05) is 95.9 Å². The van der Waals surface area contributed by atoms with Gasteiger partial charge in [-0.1, -0.05) is 84.7 Å². The molecular weight excluding hydrogens is 645 g/mol. The van der Waals surface area contributed by atoms with Gasteiger partial charge in [0, 0.05) is 46.5 Å². The molecule has 0 bridgehead atoms. The Bertz CT molecular complexity index is 1800. The summed E-state index contributed by atoms with van der Waals surface area (Å²) in [6, 6.07) is 33.7. The number of halogens is 2. The monoisotopic (exact) mass is 681 g/mol. The number of fused-ring (bicyclic) bond motifs is 1. The highest BCUT2D eigenvalue weighted by molar-refractivity contribution is 6.30. The Morgan fingerprint density at radius 1 is 0.750 bits per heavy atom. The van der Waals surface area contributed by atoms with Gasteiger partial charge in [-0.3, -0.25) is 0 Å². The number of nitrogens with zero attached hydrogens (tertiary/aromatic N) is 3. The molecule has 2 aliphatic heterocycles. The molecule has 1 atom stereocenters. The van der Waals surface area contributed by atoms with Crippen molar-refractivity contribution in [3.63, 3.8) is 0 Å². The molecule has 4 aromatic carbocycles. The van der Waals surface area contributed by atoms with E-state index < -0.39 is 17.6 Å². The molecular formula is C39H37Cl2N3O4. The number of benzene rings is 4. The van der Waals surface area contributed by atoms with E-state index in [0.29, 0.717) is 46.5 Å². The number of anilines is 3. The van der Waals surface area contributed by atoms with Crippen molar-refractivity contribution >= 4 is 52.2 Å². The minimum absolute atomic E-state index is 0.335. The molecule has 2 aliphatic rings. The summed E-state index contributed by atoms with van der Waals surface area (Å²) in [6.07, 6.45) is 2.18. The Balaban J connectivity index is 1.74. The van der Waals surface area contributed by atoms with Gasteiger partial charge in [0.15, 0.2) is 5.66 Å². The number of methoxy groups -OCH3 is 2. The first-order valence-electron chi connectivity index (χ1n) is 15.8. The SMILES string of the molecule is CCC1/C(=C\C(=O)OC)N(c2ccccc2)C(=C(C)C(=O)OC)C12N(Cc1ccc(Cl)cc1)c1ccccc1N2Cc1ccc(Cl)cc1. The molecule has 1 unspecified atom stereocenters. The topological polar surface area (TPSA) is 62.3 Å². The van der Waals surface area contributed by atoms with Gasteiger partial charge in [0.2, 0.25) is 0 Å². The van der Waals surface area contributed by atoms with E-state index in [4.69, 9.17) is 32.7 Å². The van der Waals surface area contributed by atoms with Crippen LogP contribution in [0.15, 0.2) is 126 Å². The minimum atomic E-state index is -1.02. The zero-order valence-electron chi connectivity index (χ0n) is 27.3. The third-order valence-corrected chi connectivity index (χ3v) is 9.71. The summed E-state index contributed by atoms with van der Waals surface area (Å²) in [5.41, 5.74) is 5.64. The predicted molar refractivity (Wildman–Crippen MR) is 192 cm³/mol. The van der Waals surface area contributed by atoms with Crippen LogP contribution in [-0.4, -0.2) is 31.8 Å². The lowest BCUT2D eigenvalue weighted by Crippen LogP contribution is -2.61. The lowest BCUT2D eigenvalue weighted by atomic mass is 9.84. The lowest BCUT2D eigenvalue weighted by molar-refractivity contribution is -0.136. The van der Waals surface area contributed by atoms with Gasteiger partial charge in [-0.05, 0) is 73.0 Å². The van der Waals surface area contributed by atoms with Crippen molar-refractivity contribution in [3.8, 4) is 0 Å². The molecule has 0 radical (unpaired) electrons. The van der Waals surface area contributed by atoms with Crippen molar-refractivity contribution < 1.29 is 19.1 Å². The van der Waals surface area contributed by atoms with Crippen molar-refractivity contribution in [2.45, 2.75) is 39.0 Å². The highest BCUT2D eigenvalue weighted by atomic mass is 35.5. The first-order valence-corrected chi connectivity index (χ1v) is 16.6. The summed E-state index contributed by atoms with van der Waals surface area (Å²) in [4.78, 5) is 33.8. The molecule has 246 valence electrons. The van der Waals surface area contributed by atoms with Crippen molar-refractivity contribution in [1.29, 1.82) is 0 Å². The number of para-hydroxylation sites is 3. The van der Waals surface area contributed by atoms with Crippen molar-refractivity contribution in [2.75, 3.05) is 28.9 Å². The average molecular weight is 683 g/mol. The van der Waals surface area contributed by atoms with E-state index in [9.17, 15) is 9.59 Å². The molecule has 7 nitrogen and oxygen atoms in total. The first-order chi connectivity index (χ1) is 23.2. The molecule has 6 rings (SSSR count). The summed E-state index contributed by atoms with van der Waals surface area (Å²) >= 11 is 12.7. The fraction of sp³-hybridized carbons (Fsp3) is 0.231. The summed E-state index contributed by atoms with van der Waals surface area (Å²) in [5.74, 6) is -1.28. The maximum atomic E-state index is 13.8. The molecule has 1 fully saturated rings.